The number of nitriles is 1. The average molecular weight is 486 g/mol. The standard InChI is InChI=1S/C23H23N3O7S/c1-4-31-23(30)19-14(2)20(21(29)25-3)34-22(19)26-17(27)13-33-18(28)10-7-15-5-8-16(9-6-15)32-12-11-24/h5-10H,4,12-13H2,1-3H3,(H,25,29)(H,26,27)/b10-7+. The maximum absolute atomic E-state index is 12.3. The van der Waals surface area contributed by atoms with E-state index in [1.807, 2.05) is 6.07 Å². The van der Waals surface area contributed by atoms with Gasteiger partial charge in [0.1, 0.15) is 16.8 Å². The van der Waals surface area contributed by atoms with Crippen molar-refractivity contribution in [2.75, 3.05) is 32.2 Å². The van der Waals surface area contributed by atoms with Gasteiger partial charge in [0, 0.05) is 13.1 Å². The molecule has 0 aliphatic heterocycles. The van der Waals surface area contributed by atoms with Crippen molar-refractivity contribution in [2.45, 2.75) is 13.8 Å². The Morgan fingerprint density at radius 2 is 1.85 bits per heavy atom. The maximum atomic E-state index is 12.3. The van der Waals surface area contributed by atoms with Crippen LogP contribution in [0.3, 0.4) is 0 Å². The van der Waals surface area contributed by atoms with Crippen molar-refractivity contribution < 1.29 is 33.4 Å². The number of benzene rings is 1. The highest BCUT2D eigenvalue weighted by molar-refractivity contribution is 7.18. The molecule has 10 nitrogen and oxygen atoms in total. The van der Waals surface area contributed by atoms with E-state index in [4.69, 9.17) is 19.5 Å². The fourth-order valence-corrected chi connectivity index (χ4v) is 3.84. The van der Waals surface area contributed by atoms with Crippen LogP contribution in [0, 0.1) is 18.3 Å². The molecule has 2 N–H and O–H groups in total. The van der Waals surface area contributed by atoms with Gasteiger partial charge >= 0.3 is 11.9 Å². The quantitative estimate of drug-likeness (QED) is 0.386. The predicted octanol–water partition coefficient (Wildman–Crippen LogP) is 2.69. The van der Waals surface area contributed by atoms with Crippen LogP contribution in [0.2, 0.25) is 0 Å². The molecule has 2 aromatic rings. The van der Waals surface area contributed by atoms with Crippen LogP contribution in [0.25, 0.3) is 6.08 Å². The van der Waals surface area contributed by atoms with Crippen molar-refractivity contribution in [1.82, 2.24) is 5.32 Å². The third-order valence-electron chi connectivity index (χ3n) is 4.25. The van der Waals surface area contributed by atoms with E-state index in [9.17, 15) is 19.2 Å². The minimum atomic E-state index is -0.751. The molecule has 0 aliphatic rings. The van der Waals surface area contributed by atoms with E-state index in [2.05, 4.69) is 10.6 Å². The number of ether oxygens (including phenoxy) is 3. The van der Waals surface area contributed by atoms with Crippen LogP contribution in [0.15, 0.2) is 30.3 Å². The monoisotopic (exact) mass is 485 g/mol. The van der Waals surface area contributed by atoms with Crippen LogP contribution >= 0.6 is 11.3 Å². The van der Waals surface area contributed by atoms with Crippen LogP contribution in [-0.2, 0) is 19.1 Å². The first kappa shape index (κ1) is 26.1. The second-order valence-electron chi connectivity index (χ2n) is 6.56. The number of thiophene rings is 1. The van der Waals surface area contributed by atoms with Crippen LogP contribution in [0.5, 0.6) is 5.75 Å². The number of amides is 2. The molecule has 11 heteroatoms. The summed E-state index contributed by atoms with van der Waals surface area (Å²) in [5.74, 6) is -2.00. The number of nitrogens with zero attached hydrogens (tertiary/aromatic N) is 1. The van der Waals surface area contributed by atoms with Gasteiger partial charge in [-0.05, 0) is 43.2 Å². The first-order chi connectivity index (χ1) is 16.3. The van der Waals surface area contributed by atoms with Crippen molar-refractivity contribution in [1.29, 1.82) is 5.26 Å². The number of esters is 2. The summed E-state index contributed by atoms with van der Waals surface area (Å²) in [7, 11) is 1.45. The summed E-state index contributed by atoms with van der Waals surface area (Å²) in [4.78, 5) is 48.9. The van der Waals surface area contributed by atoms with Gasteiger partial charge in [0.25, 0.3) is 11.8 Å². The molecule has 1 heterocycles. The lowest BCUT2D eigenvalue weighted by molar-refractivity contribution is -0.142. The number of nitrogens with one attached hydrogen (secondary N) is 2. The summed E-state index contributed by atoms with van der Waals surface area (Å²) >= 11 is 0.922. The van der Waals surface area contributed by atoms with Gasteiger partial charge in [-0.25, -0.2) is 9.59 Å². The van der Waals surface area contributed by atoms with E-state index in [0.29, 0.717) is 16.9 Å². The van der Waals surface area contributed by atoms with Crippen molar-refractivity contribution in [3.8, 4) is 11.8 Å². The molecule has 2 amide bonds. The predicted molar refractivity (Wildman–Crippen MR) is 125 cm³/mol. The molecular formula is C23H23N3O7S. The van der Waals surface area contributed by atoms with E-state index in [1.54, 1.807) is 38.1 Å². The largest absolute Gasteiger partial charge is 0.479 e. The molecule has 34 heavy (non-hydrogen) atoms. The Labute approximate surface area is 200 Å². The first-order valence-corrected chi connectivity index (χ1v) is 10.9. The number of carbonyl (C=O) groups excluding carboxylic acids is 4. The Balaban J connectivity index is 1.99. The Kier molecular flexibility index (Phi) is 9.79. The molecule has 1 aromatic heterocycles. The zero-order valence-electron chi connectivity index (χ0n) is 18.8. The normalized spacial score (nSPS) is 10.3. The van der Waals surface area contributed by atoms with Crippen LogP contribution < -0.4 is 15.4 Å². The second kappa shape index (κ2) is 12.8. The van der Waals surface area contributed by atoms with Crippen molar-refractivity contribution >= 4 is 46.2 Å². The topological polar surface area (TPSA) is 144 Å². The minimum Gasteiger partial charge on any atom is -0.479 e. The fourth-order valence-electron chi connectivity index (χ4n) is 2.68. The summed E-state index contributed by atoms with van der Waals surface area (Å²) in [6.07, 6.45) is 2.65. The highest BCUT2D eigenvalue weighted by Gasteiger charge is 2.26. The van der Waals surface area contributed by atoms with Gasteiger partial charge in [0.05, 0.1) is 17.0 Å². The van der Waals surface area contributed by atoms with Gasteiger partial charge in [-0.1, -0.05) is 12.1 Å². The SMILES string of the molecule is CCOC(=O)c1c(NC(=O)COC(=O)/C=C/c2ccc(OCC#N)cc2)sc(C(=O)NC)c1C. The fraction of sp³-hybridized carbons (Fsp3) is 0.261. The summed E-state index contributed by atoms with van der Waals surface area (Å²) in [5, 5.41) is 13.6. The molecule has 0 saturated carbocycles. The third kappa shape index (κ3) is 7.18. The lowest BCUT2D eigenvalue weighted by atomic mass is 10.1. The van der Waals surface area contributed by atoms with Crippen LogP contribution in [0.4, 0.5) is 5.00 Å². The Morgan fingerprint density at radius 1 is 1.15 bits per heavy atom. The highest BCUT2D eigenvalue weighted by Crippen LogP contribution is 2.33. The van der Waals surface area contributed by atoms with Gasteiger partial charge in [-0.2, -0.15) is 5.26 Å². The lowest BCUT2D eigenvalue weighted by Crippen LogP contribution is -2.21. The van der Waals surface area contributed by atoms with Gasteiger partial charge in [0.15, 0.2) is 13.2 Å². The van der Waals surface area contributed by atoms with Crippen molar-refractivity contribution in [3.63, 3.8) is 0 Å². The molecule has 178 valence electrons. The average Bonchev–Trinajstić information content (AvgIpc) is 3.15. The first-order valence-electron chi connectivity index (χ1n) is 10.1. The summed E-state index contributed by atoms with van der Waals surface area (Å²) in [6.45, 7) is 2.68. The zero-order valence-corrected chi connectivity index (χ0v) is 19.6. The Morgan fingerprint density at radius 3 is 2.47 bits per heavy atom. The van der Waals surface area contributed by atoms with E-state index >= 15 is 0 Å². The molecule has 0 aliphatic carbocycles. The zero-order chi connectivity index (χ0) is 25.1. The van der Waals surface area contributed by atoms with E-state index in [0.717, 1.165) is 17.4 Å². The Hall–Kier alpha value is -4.17. The van der Waals surface area contributed by atoms with Crippen molar-refractivity contribution in [3.05, 3.63) is 51.9 Å². The molecule has 0 spiro atoms. The highest BCUT2D eigenvalue weighted by atomic mass is 32.1. The third-order valence-corrected chi connectivity index (χ3v) is 5.46. The molecule has 0 atom stereocenters. The summed E-state index contributed by atoms with van der Waals surface area (Å²) < 4.78 is 15.1. The molecule has 0 fully saturated rings. The number of rotatable bonds is 10. The molecule has 0 saturated heterocycles. The smallest absolute Gasteiger partial charge is 0.341 e. The van der Waals surface area contributed by atoms with E-state index < -0.39 is 30.4 Å². The van der Waals surface area contributed by atoms with Crippen LogP contribution in [-0.4, -0.2) is 50.6 Å². The molecular weight excluding hydrogens is 462 g/mol. The molecule has 1 aromatic carbocycles. The van der Waals surface area contributed by atoms with Gasteiger partial charge in [-0.3, -0.25) is 9.59 Å². The molecule has 2 rings (SSSR count). The number of carbonyl (C=O) groups is 4. The molecule has 0 radical (unpaired) electrons. The van der Waals surface area contributed by atoms with E-state index in [1.165, 1.54) is 13.1 Å². The molecule has 0 unspecified atom stereocenters. The number of hydrogen-bond acceptors (Lipinski definition) is 9. The van der Waals surface area contributed by atoms with Gasteiger partial charge in [0.2, 0.25) is 0 Å². The number of anilines is 1. The second-order valence-corrected chi connectivity index (χ2v) is 7.59. The van der Waals surface area contributed by atoms with Crippen LogP contribution in [0.1, 0.15) is 38.1 Å². The number of hydrogen-bond donors (Lipinski definition) is 2. The van der Waals surface area contributed by atoms with Crippen molar-refractivity contribution in [2.24, 2.45) is 0 Å². The Bertz CT molecular complexity index is 1130. The maximum Gasteiger partial charge on any atom is 0.341 e. The molecule has 0 bridgehead atoms. The summed E-state index contributed by atoms with van der Waals surface area (Å²) in [6, 6.07) is 8.52. The van der Waals surface area contributed by atoms with E-state index in [-0.39, 0.29) is 28.7 Å². The van der Waals surface area contributed by atoms with Gasteiger partial charge < -0.3 is 24.8 Å². The lowest BCUT2D eigenvalue weighted by Gasteiger charge is -2.07. The summed E-state index contributed by atoms with van der Waals surface area (Å²) in [5.41, 5.74) is 1.13. The van der Waals surface area contributed by atoms with Gasteiger partial charge in [-0.15, -0.1) is 11.3 Å². The minimum absolute atomic E-state index is 0.0665.